The van der Waals surface area contributed by atoms with Gasteiger partial charge in [0, 0.05) is 36.9 Å². The molecule has 2 saturated heterocycles. The van der Waals surface area contributed by atoms with Crippen molar-refractivity contribution in [1.29, 1.82) is 0 Å². The van der Waals surface area contributed by atoms with Crippen LogP contribution in [-0.4, -0.2) is 41.0 Å². The highest BCUT2D eigenvalue weighted by Crippen LogP contribution is 2.38. The van der Waals surface area contributed by atoms with Gasteiger partial charge in [-0.1, -0.05) is 27.4 Å². The molecule has 2 heteroatoms. The van der Waals surface area contributed by atoms with Crippen LogP contribution in [0.3, 0.4) is 0 Å². The van der Waals surface area contributed by atoms with Gasteiger partial charge in [-0.3, -0.25) is 4.90 Å². The molecule has 2 heterocycles. The van der Waals surface area contributed by atoms with Crippen LogP contribution in [0, 0.1) is 5.41 Å². The quantitative estimate of drug-likeness (QED) is 0.690. The number of rotatable bonds is 1. The largest absolute Gasteiger partial charge is 0.370 e. The van der Waals surface area contributed by atoms with Crippen LogP contribution in [0.1, 0.15) is 47.5 Å². The van der Waals surface area contributed by atoms with Crippen molar-refractivity contribution < 1.29 is 0 Å². The molecule has 0 amide bonds. The maximum atomic E-state index is 4.18. The molecule has 0 aromatic carbocycles. The van der Waals surface area contributed by atoms with Crippen molar-refractivity contribution in [2.45, 2.75) is 59.0 Å². The lowest BCUT2D eigenvalue weighted by molar-refractivity contribution is -0.0204. The van der Waals surface area contributed by atoms with Crippen molar-refractivity contribution in [1.82, 2.24) is 9.80 Å². The summed E-state index contributed by atoms with van der Waals surface area (Å²) in [6, 6.07) is 0.720. The topological polar surface area (TPSA) is 6.48 Å². The number of hydrogen-bond donors (Lipinski definition) is 0. The van der Waals surface area contributed by atoms with Crippen LogP contribution in [-0.2, 0) is 0 Å². The predicted octanol–water partition coefficient (Wildman–Crippen LogP) is 3.10. The van der Waals surface area contributed by atoms with E-state index < -0.39 is 0 Å². The van der Waals surface area contributed by atoms with Crippen LogP contribution in [0.4, 0.5) is 0 Å². The fraction of sp³-hybridized carbons (Fsp3) is 0.867. The Kier molecular flexibility index (Phi) is 3.05. The van der Waals surface area contributed by atoms with Crippen molar-refractivity contribution in [2.75, 3.05) is 19.6 Å². The second-order valence-electron chi connectivity index (χ2n) is 7.21. The van der Waals surface area contributed by atoms with Gasteiger partial charge in [0.05, 0.1) is 0 Å². The summed E-state index contributed by atoms with van der Waals surface area (Å²) in [5.41, 5.74) is 1.96. The van der Waals surface area contributed by atoms with E-state index in [-0.39, 0.29) is 5.54 Å². The Hall–Kier alpha value is -0.500. The average Bonchev–Trinajstić information content (AvgIpc) is 2.58. The summed E-state index contributed by atoms with van der Waals surface area (Å²) in [5, 5.41) is 0. The summed E-state index contributed by atoms with van der Waals surface area (Å²) in [4.78, 5) is 5.22. The van der Waals surface area contributed by atoms with Gasteiger partial charge in [0.2, 0.25) is 0 Å². The summed E-state index contributed by atoms with van der Waals surface area (Å²) < 4.78 is 0. The van der Waals surface area contributed by atoms with Crippen LogP contribution >= 0.6 is 0 Å². The SMILES string of the molecule is C=C1CC[C@@H]2CN(C(C)(C)C(C)(C)C)CCN12. The molecule has 0 aromatic rings. The molecule has 2 aliphatic heterocycles. The lowest BCUT2D eigenvalue weighted by Gasteiger charge is -2.52. The summed E-state index contributed by atoms with van der Waals surface area (Å²) >= 11 is 0. The molecule has 0 saturated carbocycles. The molecule has 0 radical (unpaired) electrons. The van der Waals surface area contributed by atoms with Gasteiger partial charge in [-0.2, -0.15) is 0 Å². The Morgan fingerprint density at radius 2 is 1.76 bits per heavy atom. The normalized spacial score (nSPS) is 27.5. The van der Waals surface area contributed by atoms with Crippen molar-refractivity contribution in [3.63, 3.8) is 0 Å². The molecule has 17 heavy (non-hydrogen) atoms. The fourth-order valence-electron chi connectivity index (χ4n) is 2.98. The van der Waals surface area contributed by atoms with Crippen LogP contribution in [0.5, 0.6) is 0 Å². The van der Waals surface area contributed by atoms with Gasteiger partial charge in [-0.15, -0.1) is 0 Å². The smallest absolute Gasteiger partial charge is 0.0418 e. The highest BCUT2D eigenvalue weighted by atomic mass is 15.3. The molecular weight excluding hydrogens is 208 g/mol. The summed E-state index contributed by atoms with van der Waals surface area (Å²) in [7, 11) is 0. The van der Waals surface area contributed by atoms with Crippen LogP contribution in [0.25, 0.3) is 0 Å². The van der Waals surface area contributed by atoms with Gasteiger partial charge in [0.15, 0.2) is 0 Å². The van der Waals surface area contributed by atoms with Gasteiger partial charge < -0.3 is 4.90 Å². The molecular formula is C15H28N2. The molecule has 0 aromatic heterocycles. The fourth-order valence-corrected chi connectivity index (χ4v) is 2.98. The molecule has 0 unspecified atom stereocenters. The highest BCUT2D eigenvalue weighted by molar-refractivity contribution is 5.08. The zero-order valence-corrected chi connectivity index (χ0v) is 12.2. The van der Waals surface area contributed by atoms with E-state index in [0.29, 0.717) is 5.41 Å². The van der Waals surface area contributed by atoms with Crippen LogP contribution in [0.15, 0.2) is 12.3 Å². The van der Waals surface area contributed by atoms with Crippen LogP contribution in [0.2, 0.25) is 0 Å². The number of fused-ring (bicyclic) bond motifs is 1. The zero-order valence-electron chi connectivity index (χ0n) is 12.2. The Labute approximate surface area is 107 Å². The van der Waals surface area contributed by atoms with E-state index in [4.69, 9.17) is 0 Å². The van der Waals surface area contributed by atoms with Gasteiger partial charge in [0.25, 0.3) is 0 Å². The molecule has 0 bridgehead atoms. The van der Waals surface area contributed by atoms with E-state index in [1.165, 1.54) is 38.2 Å². The van der Waals surface area contributed by atoms with E-state index in [2.05, 4.69) is 51.0 Å². The third-order valence-electron chi connectivity index (χ3n) is 5.28. The number of hydrogen-bond acceptors (Lipinski definition) is 2. The lowest BCUT2D eigenvalue weighted by Crippen LogP contribution is -2.61. The molecule has 2 aliphatic rings. The highest BCUT2D eigenvalue weighted by Gasteiger charge is 2.42. The van der Waals surface area contributed by atoms with Crippen molar-refractivity contribution in [3.05, 3.63) is 12.3 Å². The second kappa shape index (κ2) is 4.01. The maximum Gasteiger partial charge on any atom is 0.0418 e. The third-order valence-corrected chi connectivity index (χ3v) is 5.28. The maximum absolute atomic E-state index is 4.18. The number of piperazine rings is 1. The Morgan fingerprint density at radius 3 is 2.35 bits per heavy atom. The van der Waals surface area contributed by atoms with Crippen molar-refractivity contribution >= 4 is 0 Å². The van der Waals surface area contributed by atoms with E-state index in [0.717, 1.165) is 6.04 Å². The first-order chi connectivity index (χ1) is 7.73. The van der Waals surface area contributed by atoms with Gasteiger partial charge >= 0.3 is 0 Å². The Balaban J connectivity index is 2.09. The summed E-state index contributed by atoms with van der Waals surface area (Å²) in [6.45, 7) is 19.6. The number of allylic oxidation sites excluding steroid dienone is 1. The molecule has 0 spiro atoms. The van der Waals surface area contributed by atoms with E-state index >= 15 is 0 Å². The first-order valence-corrected chi connectivity index (χ1v) is 6.93. The second-order valence-corrected chi connectivity index (χ2v) is 7.21. The minimum absolute atomic E-state index is 0.267. The standard InChI is InChI=1S/C15H28N2/c1-12-7-8-13-11-16(9-10-17(12)13)15(5,6)14(2,3)4/h13H,1,7-11H2,2-6H3/t13-/m1/s1. The van der Waals surface area contributed by atoms with Crippen LogP contribution < -0.4 is 0 Å². The summed E-state index contributed by atoms with van der Waals surface area (Å²) in [5.74, 6) is 0. The summed E-state index contributed by atoms with van der Waals surface area (Å²) in [6.07, 6.45) is 2.50. The molecule has 0 aliphatic carbocycles. The van der Waals surface area contributed by atoms with Crippen molar-refractivity contribution in [3.8, 4) is 0 Å². The molecule has 2 nitrogen and oxygen atoms in total. The molecule has 0 N–H and O–H groups in total. The third kappa shape index (κ3) is 2.12. The molecule has 1 atom stereocenters. The van der Waals surface area contributed by atoms with E-state index in [9.17, 15) is 0 Å². The first-order valence-electron chi connectivity index (χ1n) is 6.93. The van der Waals surface area contributed by atoms with Gasteiger partial charge in [0.1, 0.15) is 0 Å². The monoisotopic (exact) mass is 236 g/mol. The van der Waals surface area contributed by atoms with Gasteiger partial charge in [-0.25, -0.2) is 0 Å². The van der Waals surface area contributed by atoms with Gasteiger partial charge in [-0.05, 0) is 32.1 Å². The average molecular weight is 236 g/mol. The Morgan fingerprint density at radius 1 is 1.12 bits per heavy atom. The predicted molar refractivity (Wildman–Crippen MR) is 74.0 cm³/mol. The minimum Gasteiger partial charge on any atom is -0.370 e. The molecule has 2 fully saturated rings. The molecule has 98 valence electrons. The van der Waals surface area contributed by atoms with Crippen molar-refractivity contribution in [2.24, 2.45) is 5.41 Å². The minimum atomic E-state index is 0.267. The molecule has 2 rings (SSSR count). The van der Waals surface area contributed by atoms with E-state index in [1.807, 2.05) is 0 Å². The lowest BCUT2D eigenvalue weighted by atomic mass is 9.74. The first kappa shape index (κ1) is 12.9. The Bertz CT molecular complexity index is 311. The van der Waals surface area contributed by atoms with E-state index in [1.54, 1.807) is 0 Å². The zero-order chi connectivity index (χ0) is 12.8. The number of nitrogens with zero attached hydrogens (tertiary/aromatic N) is 2.